The van der Waals surface area contributed by atoms with Gasteiger partial charge in [0.05, 0.1) is 16.4 Å². The summed E-state index contributed by atoms with van der Waals surface area (Å²) in [4.78, 5) is 2.41. The molecule has 0 aliphatic heterocycles. The quantitative estimate of drug-likeness (QED) is 0.708. The van der Waals surface area contributed by atoms with Crippen LogP contribution in [0, 0.1) is 0 Å². The molecule has 19 heavy (non-hydrogen) atoms. The second-order valence-electron chi connectivity index (χ2n) is 4.58. The molecule has 1 rings (SSSR count). The Morgan fingerprint density at radius 2 is 1.89 bits per heavy atom. The zero-order valence-corrected chi connectivity index (χ0v) is 13.4. The summed E-state index contributed by atoms with van der Waals surface area (Å²) in [6, 6.07) is 0. The maximum Gasteiger partial charge on any atom is 0.0863 e. The number of aromatic nitrogens is 2. The van der Waals surface area contributed by atoms with Gasteiger partial charge in [0.25, 0.3) is 0 Å². The minimum absolute atomic E-state index is 0.793. The Hall–Kier alpha value is -0.580. The van der Waals surface area contributed by atoms with Crippen molar-refractivity contribution in [1.82, 2.24) is 20.0 Å². The van der Waals surface area contributed by atoms with Crippen molar-refractivity contribution >= 4 is 11.6 Å². The molecule has 1 heterocycles. The van der Waals surface area contributed by atoms with Crippen molar-refractivity contribution < 1.29 is 0 Å². The lowest BCUT2D eigenvalue weighted by Crippen LogP contribution is -2.32. The van der Waals surface area contributed by atoms with Gasteiger partial charge in [-0.15, -0.1) is 0 Å². The fraction of sp³-hybridized carbons (Fsp3) is 0.786. The topological polar surface area (TPSA) is 33.1 Å². The largest absolute Gasteiger partial charge is 0.310 e. The highest BCUT2D eigenvalue weighted by atomic mass is 35.5. The van der Waals surface area contributed by atoms with Crippen LogP contribution in [0.5, 0.6) is 0 Å². The summed E-state index contributed by atoms with van der Waals surface area (Å²) in [5.74, 6) is 0. The molecule has 0 radical (unpaired) electrons. The Labute approximate surface area is 122 Å². The number of halogens is 1. The van der Waals surface area contributed by atoms with Crippen LogP contribution in [0.4, 0.5) is 0 Å². The van der Waals surface area contributed by atoms with Crippen molar-refractivity contribution in [3.8, 4) is 0 Å². The third-order valence-electron chi connectivity index (χ3n) is 3.49. The van der Waals surface area contributed by atoms with E-state index in [0.29, 0.717) is 0 Å². The van der Waals surface area contributed by atoms with E-state index >= 15 is 0 Å². The smallest absolute Gasteiger partial charge is 0.0863 e. The molecule has 0 fully saturated rings. The van der Waals surface area contributed by atoms with E-state index in [-0.39, 0.29) is 0 Å². The van der Waals surface area contributed by atoms with E-state index in [1.807, 2.05) is 4.68 Å². The molecule has 0 aliphatic carbocycles. The minimum Gasteiger partial charge on any atom is -0.310 e. The molecule has 0 saturated heterocycles. The van der Waals surface area contributed by atoms with Crippen molar-refractivity contribution in [3.05, 3.63) is 16.4 Å². The monoisotopic (exact) mass is 286 g/mol. The van der Waals surface area contributed by atoms with Crippen molar-refractivity contribution in [1.29, 1.82) is 0 Å². The summed E-state index contributed by atoms with van der Waals surface area (Å²) in [6.07, 6.45) is 0.887. The van der Waals surface area contributed by atoms with Crippen LogP contribution in [0.25, 0.3) is 0 Å². The van der Waals surface area contributed by atoms with E-state index < -0.39 is 0 Å². The van der Waals surface area contributed by atoms with Crippen molar-refractivity contribution in [2.24, 2.45) is 0 Å². The van der Waals surface area contributed by atoms with Gasteiger partial charge < -0.3 is 10.2 Å². The zero-order chi connectivity index (χ0) is 14.3. The molecule has 4 nitrogen and oxygen atoms in total. The normalized spacial score (nSPS) is 11.5. The molecule has 0 saturated carbocycles. The average molecular weight is 287 g/mol. The minimum atomic E-state index is 0.793. The Balaban J connectivity index is 2.51. The molecular weight excluding hydrogens is 260 g/mol. The third-order valence-corrected chi connectivity index (χ3v) is 3.92. The third kappa shape index (κ3) is 4.48. The number of nitrogens with one attached hydrogen (secondary N) is 1. The highest BCUT2D eigenvalue weighted by Crippen LogP contribution is 2.21. The van der Waals surface area contributed by atoms with Crippen LogP contribution in [-0.2, 0) is 19.5 Å². The van der Waals surface area contributed by atoms with Crippen LogP contribution in [0.3, 0.4) is 0 Å². The Morgan fingerprint density at radius 3 is 2.42 bits per heavy atom. The fourth-order valence-electron chi connectivity index (χ4n) is 2.17. The van der Waals surface area contributed by atoms with Crippen LogP contribution in [-0.4, -0.2) is 40.9 Å². The zero-order valence-electron chi connectivity index (χ0n) is 12.7. The second-order valence-corrected chi connectivity index (χ2v) is 4.96. The predicted molar refractivity (Wildman–Crippen MR) is 81.8 cm³/mol. The number of hydrogen-bond acceptors (Lipinski definition) is 3. The highest BCUT2D eigenvalue weighted by molar-refractivity contribution is 6.31. The van der Waals surface area contributed by atoms with E-state index in [1.165, 1.54) is 0 Å². The van der Waals surface area contributed by atoms with E-state index in [2.05, 4.69) is 43.0 Å². The maximum atomic E-state index is 6.37. The lowest BCUT2D eigenvalue weighted by molar-refractivity contribution is 0.301. The van der Waals surface area contributed by atoms with Gasteiger partial charge in [0.1, 0.15) is 0 Å². The lowest BCUT2D eigenvalue weighted by Gasteiger charge is -2.18. The fourth-order valence-corrected chi connectivity index (χ4v) is 2.51. The van der Waals surface area contributed by atoms with E-state index in [4.69, 9.17) is 11.6 Å². The van der Waals surface area contributed by atoms with E-state index in [1.54, 1.807) is 0 Å². The van der Waals surface area contributed by atoms with Crippen LogP contribution in [0.15, 0.2) is 0 Å². The second kappa shape index (κ2) is 8.56. The molecule has 0 aliphatic rings. The van der Waals surface area contributed by atoms with Crippen molar-refractivity contribution in [3.63, 3.8) is 0 Å². The van der Waals surface area contributed by atoms with Crippen LogP contribution in [0.1, 0.15) is 39.1 Å². The first-order valence-corrected chi connectivity index (χ1v) is 7.72. The molecule has 0 spiro atoms. The summed E-state index contributed by atoms with van der Waals surface area (Å²) in [7, 11) is 0. The molecule has 1 aromatic rings. The first-order valence-electron chi connectivity index (χ1n) is 7.34. The lowest BCUT2D eigenvalue weighted by atomic mass is 10.3. The van der Waals surface area contributed by atoms with Crippen molar-refractivity contribution in [2.45, 2.75) is 47.2 Å². The van der Waals surface area contributed by atoms with Gasteiger partial charge in [0, 0.05) is 26.2 Å². The Morgan fingerprint density at radius 1 is 1.21 bits per heavy atom. The first kappa shape index (κ1) is 16.5. The molecule has 0 aromatic carbocycles. The highest BCUT2D eigenvalue weighted by Gasteiger charge is 2.13. The number of likely N-dealkylation sites (N-methyl/N-ethyl adjacent to an activating group) is 1. The van der Waals surface area contributed by atoms with Gasteiger partial charge >= 0.3 is 0 Å². The summed E-state index contributed by atoms with van der Waals surface area (Å²) in [6.45, 7) is 14.5. The summed E-state index contributed by atoms with van der Waals surface area (Å²) in [5.41, 5.74) is 2.12. The number of nitrogens with zero attached hydrogens (tertiary/aromatic N) is 3. The molecule has 1 aromatic heterocycles. The molecule has 5 heteroatoms. The number of hydrogen-bond donors (Lipinski definition) is 1. The van der Waals surface area contributed by atoms with Gasteiger partial charge in [-0.1, -0.05) is 32.4 Å². The van der Waals surface area contributed by atoms with Gasteiger partial charge in [-0.3, -0.25) is 4.68 Å². The van der Waals surface area contributed by atoms with Crippen LogP contribution >= 0.6 is 11.6 Å². The summed E-state index contributed by atoms with van der Waals surface area (Å²) >= 11 is 6.37. The Kier molecular flexibility index (Phi) is 7.42. The average Bonchev–Trinajstić information content (AvgIpc) is 2.75. The van der Waals surface area contributed by atoms with Gasteiger partial charge in [0.15, 0.2) is 0 Å². The van der Waals surface area contributed by atoms with Gasteiger partial charge in [-0.2, -0.15) is 5.10 Å². The summed E-state index contributed by atoms with van der Waals surface area (Å²) < 4.78 is 2.01. The van der Waals surface area contributed by atoms with Crippen LogP contribution in [0.2, 0.25) is 5.02 Å². The molecule has 0 bridgehead atoms. The maximum absolute atomic E-state index is 6.37. The number of aryl methyl sites for hydroxylation is 2. The van der Waals surface area contributed by atoms with Gasteiger partial charge in [-0.05, 0) is 26.4 Å². The molecule has 0 atom stereocenters. The predicted octanol–water partition coefficient (Wildman–Crippen LogP) is 2.55. The molecule has 0 amide bonds. The van der Waals surface area contributed by atoms with E-state index in [9.17, 15) is 0 Å². The molecule has 0 unspecified atom stereocenters. The standard InChI is InChI=1S/C14H27ClN4/c1-5-12-14(15)13(19(8-4)17-12)11-16-9-10-18(6-2)7-3/h16H,5-11H2,1-4H3. The van der Waals surface area contributed by atoms with E-state index in [0.717, 1.165) is 62.1 Å². The summed E-state index contributed by atoms with van der Waals surface area (Å²) in [5, 5.41) is 8.83. The first-order chi connectivity index (χ1) is 9.17. The van der Waals surface area contributed by atoms with Crippen molar-refractivity contribution in [2.75, 3.05) is 26.2 Å². The molecular formula is C14H27ClN4. The SMILES string of the molecule is CCc1nn(CC)c(CNCCN(CC)CC)c1Cl. The van der Waals surface area contributed by atoms with Gasteiger partial charge in [-0.25, -0.2) is 0 Å². The molecule has 1 N–H and O–H groups in total. The van der Waals surface area contributed by atoms with Gasteiger partial charge in [0.2, 0.25) is 0 Å². The Bertz CT molecular complexity index is 372. The number of rotatable bonds is 9. The van der Waals surface area contributed by atoms with Crippen LogP contribution < -0.4 is 5.32 Å². The molecule has 110 valence electrons.